The monoisotopic (exact) mass is 434 g/mol. The Kier molecular flexibility index (Phi) is 6.25. The Morgan fingerprint density at radius 2 is 2.00 bits per heavy atom. The van der Waals surface area contributed by atoms with E-state index in [0.717, 1.165) is 17.1 Å². The van der Waals surface area contributed by atoms with E-state index in [1.165, 1.54) is 18.5 Å². The number of aromatic nitrogens is 3. The SMILES string of the molecule is C[C@@H](N(N)C(=S)Nc1ccc(O)cc1)[C@@](O)(Cc1nc[nH]n1)c1ccc(F)cc1F. The Labute approximate surface area is 176 Å². The minimum atomic E-state index is -1.95. The van der Waals surface area contributed by atoms with Crippen LogP contribution in [-0.4, -0.2) is 41.6 Å². The molecular formula is C19H20F2N6O2S. The van der Waals surface area contributed by atoms with Crippen LogP contribution in [0.2, 0.25) is 0 Å². The molecule has 0 aliphatic rings. The summed E-state index contributed by atoms with van der Waals surface area (Å²) >= 11 is 5.31. The molecule has 8 nitrogen and oxygen atoms in total. The Morgan fingerprint density at radius 1 is 1.30 bits per heavy atom. The second-order valence-electron chi connectivity index (χ2n) is 6.70. The molecule has 0 aliphatic heterocycles. The highest BCUT2D eigenvalue weighted by molar-refractivity contribution is 7.80. The first-order valence-electron chi connectivity index (χ1n) is 8.87. The molecular weight excluding hydrogens is 414 g/mol. The number of nitrogens with two attached hydrogens (primary N) is 1. The van der Waals surface area contributed by atoms with Crippen molar-refractivity contribution in [3.63, 3.8) is 0 Å². The number of anilines is 1. The molecule has 0 spiro atoms. The van der Waals surface area contributed by atoms with Gasteiger partial charge in [-0.2, -0.15) is 5.10 Å². The fourth-order valence-corrected chi connectivity index (χ4v) is 3.29. The zero-order valence-electron chi connectivity index (χ0n) is 15.9. The van der Waals surface area contributed by atoms with Crippen LogP contribution < -0.4 is 11.2 Å². The number of hydrogen-bond acceptors (Lipinski definition) is 6. The second-order valence-corrected chi connectivity index (χ2v) is 7.09. The summed E-state index contributed by atoms with van der Waals surface area (Å²) in [6.07, 6.45) is 1.11. The zero-order chi connectivity index (χ0) is 21.9. The Hall–Kier alpha value is -3.15. The van der Waals surface area contributed by atoms with Crippen molar-refractivity contribution < 1.29 is 19.0 Å². The number of aromatic amines is 1. The van der Waals surface area contributed by atoms with Crippen LogP contribution in [0, 0.1) is 11.6 Å². The van der Waals surface area contributed by atoms with Crippen molar-refractivity contribution in [1.82, 2.24) is 20.2 Å². The molecule has 158 valence electrons. The van der Waals surface area contributed by atoms with E-state index in [1.807, 2.05) is 0 Å². The van der Waals surface area contributed by atoms with Crippen LogP contribution in [0.3, 0.4) is 0 Å². The Balaban J connectivity index is 1.91. The minimum Gasteiger partial charge on any atom is -0.508 e. The van der Waals surface area contributed by atoms with Crippen LogP contribution in [0.25, 0.3) is 0 Å². The number of thiocarbonyl (C=S) groups is 1. The summed E-state index contributed by atoms with van der Waals surface area (Å²) < 4.78 is 28.0. The van der Waals surface area contributed by atoms with Gasteiger partial charge in [-0.1, -0.05) is 6.07 Å². The number of aliphatic hydroxyl groups is 1. The summed E-state index contributed by atoms with van der Waals surface area (Å²) in [5, 5.41) is 31.3. The first kappa shape index (κ1) is 21.6. The van der Waals surface area contributed by atoms with Gasteiger partial charge in [-0.25, -0.2) is 19.6 Å². The van der Waals surface area contributed by atoms with Crippen molar-refractivity contribution >= 4 is 23.0 Å². The van der Waals surface area contributed by atoms with Gasteiger partial charge in [0.1, 0.15) is 29.3 Å². The summed E-state index contributed by atoms with van der Waals surface area (Å²) in [5.41, 5.74) is -1.58. The lowest BCUT2D eigenvalue weighted by atomic mass is 9.83. The predicted octanol–water partition coefficient (Wildman–Crippen LogP) is 2.18. The second kappa shape index (κ2) is 8.69. The summed E-state index contributed by atoms with van der Waals surface area (Å²) in [7, 11) is 0. The van der Waals surface area contributed by atoms with Crippen molar-refractivity contribution in [3.05, 3.63) is 71.8 Å². The van der Waals surface area contributed by atoms with Gasteiger partial charge in [-0.15, -0.1) is 0 Å². The molecule has 2 aromatic carbocycles. The van der Waals surface area contributed by atoms with Gasteiger partial charge < -0.3 is 15.5 Å². The molecule has 1 heterocycles. The maximum absolute atomic E-state index is 14.6. The first-order chi connectivity index (χ1) is 14.2. The van der Waals surface area contributed by atoms with E-state index in [0.29, 0.717) is 11.8 Å². The topological polar surface area (TPSA) is 123 Å². The van der Waals surface area contributed by atoms with E-state index in [4.69, 9.17) is 18.1 Å². The molecule has 3 rings (SSSR count). The molecule has 0 saturated carbocycles. The van der Waals surface area contributed by atoms with Crippen molar-refractivity contribution in [1.29, 1.82) is 0 Å². The number of rotatable bonds is 6. The van der Waals surface area contributed by atoms with Gasteiger partial charge in [0.25, 0.3) is 0 Å². The number of H-pyrrole nitrogens is 1. The fourth-order valence-electron chi connectivity index (χ4n) is 3.01. The summed E-state index contributed by atoms with van der Waals surface area (Å²) in [4.78, 5) is 3.98. The van der Waals surface area contributed by atoms with Gasteiger partial charge in [0.2, 0.25) is 0 Å². The average Bonchev–Trinajstić information content (AvgIpc) is 3.21. The van der Waals surface area contributed by atoms with Crippen LogP contribution in [0.15, 0.2) is 48.8 Å². The lowest BCUT2D eigenvalue weighted by Gasteiger charge is -2.39. The molecule has 2 atom stereocenters. The van der Waals surface area contributed by atoms with Crippen molar-refractivity contribution in [2.45, 2.75) is 25.0 Å². The maximum Gasteiger partial charge on any atom is 0.188 e. The smallest absolute Gasteiger partial charge is 0.188 e. The van der Waals surface area contributed by atoms with E-state index in [9.17, 15) is 19.0 Å². The summed E-state index contributed by atoms with van der Waals surface area (Å²) in [5.74, 6) is 4.72. The quantitative estimate of drug-likeness (QED) is 0.173. The fraction of sp³-hybridized carbons (Fsp3) is 0.211. The third-order valence-electron chi connectivity index (χ3n) is 4.75. The van der Waals surface area contributed by atoms with Crippen LogP contribution in [0.1, 0.15) is 18.3 Å². The maximum atomic E-state index is 14.6. The normalized spacial score (nSPS) is 14.0. The minimum absolute atomic E-state index is 0.0316. The number of phenols is 1. The number of benzene rings is 2. The Morgan fingerprint density at radius 3 is 2.60 bits per heavy atom. The summed E-state index contributed by atoms with van der Waals surface area (Å²) in [6.45, 7) is 1.54. The average molecular weight is 434 g/mol. The molecule has 3 aromatic rings. The van der Waals surface area contributed by atoms with Crippen molar-refractivity contribution in [2.24, 2.45) is 5.84 Å². The highest BCUT2D eigenvalue weighted by Crippen LogP contribution is 2.33. The van der Waals surface area contributed by atoms with Gasteiger partial charge in [-0.3, -0.25) is 10.1 Å². The molecule has 0 amide bonds. The number of phenolic OH excluding ortho intramolecular Hbond substituents is 1. The van der Waals surface area contributed by atoms with E-state index >= 15 is 0 Å². The highest BCUT2D eigenvalue weighted by Gasteiger charge is 2.42. The van der Waals surface area contributed by atoms with E-state index in [2.05, 4.69) is 20.5 Å². The lowest BCUT2D eigenvalue weighted by Crippen LogP contribution is -2.57. The molecule has 6 N–H and O–H groups in total. The van der Waals surface area contributed by atoms with Gasteiger partial charge in [0, 0.05) is 23.7 Å². The number of halogens is 2. The Bertz CT molecular complexity index is 1020. The van der Waals surface area contributed by atoms with Crippen LogP contribution in [0.4, 0.5) is 14.5 Å². The molecule has 0 radical (unpaired) electrons. The standard InChI is InChI=1S/C19H20F2N6O2S/c1-11(27(22)18(30)25-13-3-5-14(28)6-4-13)19(29,9-17-23-10-24-26-17)15-7-2-12(20)8-16(15)21/h2-8,10-11,28-29H,9,22H2,1H3,(H,25,30)(H,23,24,26)/t11-,19+/m1/s1. The summed E-state index contributed by atoms with van der Waals surface area (Å²) in [6, 6.07) is 7.98. The van der Waals surface area contributed by atoms with E-state index < -0.39 is 23.3 Å². The predicted molar refractivity (Wildman–Crippen MR) is 110 cm³/mol. The lowest BCUT2D eigenvalue weighted by molar-refractivity contribution is -0.0301. The van der Waals surface area contributed by atoms with Gasteiger partial charge in [0.15, 0.2) is 10.9 Å². The van der Waals surface area contributed by atoms with Crippen molar-refractivity contribution in [3.8, 4) is 5.75 Å². The van der Waals surface area contributed by atoms with Crippen LogP contribution in [-0.2, 0) is 12.0 Å². The molecule has 0 aliphatic carbocycles. The first-order valence-corrected chi connectivity index (χ1v) is 9.28. The van der Waals surface area contributed by atoms with Crippen molar-refractivity contribution in [2.75, 3.05) is 5.32 Å². The van der Waals surface area contributed by atoms with Crippen LogP contribution >= 0.6 is 12.2 Å². The molecule has 30 heavy (non-hydrogen) atoms. The van der Waals surface area contributed by atoms with Gasteiger partial charge in [-0.05, 0) is 49.5 Å². The number of nitrogens with zero attached hydrogens (tertiary/aromatic N) is 3. The number of hydrogen-bond donors (Lipinski definition) is 5. The largest absolute Gasteiger partial charge is 0.508 e. The zero-order valence-corrected chi connectivity index (χ0v) is 16.7. The van der Waals surface area contributed by atoms with E-state index in [1.54, 1.807) is 19.1 Å². The van der Waals surface area contributed by atoms with E-state index in [-0.39, 0.29) is 28.7 Å². The number of hydrazine groups is 1. The van der Waals surface area contributed by atoms with Gasteiger partial charge >= 0.3 is 0 Å². The molecule has 11 heteroatoms. The third-order valence-corrected chi connectivity index (χ3v) is 5.06. The number of aromatic hydroxyl groups is 1. The molecule has 0 bridgehead atoms. The third kappa shape index (κ3) is 4.53. The molecule has 0 fully saturated rings. The molecule has 0 unspecified atom stereocenters. The highest BCUT2D eigenvalue weighted by atomic mass is 32.1. The number of nitrogens with one attached hydrogen (secondary N) is 2. The molecule has 1 aromatic heterocycles. The molecule has 0 saturated heterocycles. The van der Waals surface area contributed by atoms with Gasteiger partial charge in [0.05, 0.1) is 6.04 Å². The van der Waals surface area contributed by atoms with Crippen LogP contribution in [0.5, 0.6) is 5.75 Å².